The number of alkyl halides is 3. The van der Waals surface area contributed by atoms with Gasteiger partial charge in [0, 0.05) is 18.3 Å². The smallest absolute Gasteiger partial charge is 0.481 e. The van der Waals surface area contributed by atoms with E-state index in [2.05, 4.69) is 30.7 Å². The lowest BCUT2D eigenvalue weighted by molar-refractivity contribution is -0.191. The molecule has 3 rings (SSSR count). The molecule has 15 heteroatoms. The van der Waals surface area contributed by atoms with E-state index in [9.17, 15) is 37.5 Å². The van der Waals surface area contributed by atoms with Crippen molar-refractivity contribution < 1.29 is 42.2 Å². The number of aliphatic carboxylic acids is 1. The molecule has 0 saturated carbocycles. The van der Waals surface area contributed by atoms with Crippen LogP contribution < -0.4 is 16.0 Å². The summed E-state index contributed by atoms with van der Waals surface area (Å²) in [7, 11) is 0. The third kappa shape index (κ3) is 11.9. The number of esters is 1. The average molecular weight is 620 g/mol. The van der Waals surface area contributed by atoms with Gasteiger partial charge in [0.25, 0.3) is 0 Å². The number of carboxylic acid groups (broad SMARTS) is 1. The molecule has 0 radical (unpaired) electrons. The highest BCUT2D eigenvalue weighted by atomic mass is 32.1. The fourth-order valence-corrected chi connectivity index (χ4v) is 4.33. The second-order valence-corrected chi connectivity index (χ2v) is 9.89. The minimum absolute atomic E-state index is 0.146. The first kappa shape index (κ1) is 32.7. The number of carboxylic acids is 1. The number of thiazole rings is 1. The highest BCUT2D eigenvalue weighted by Gasteiger charge is 2.43. The van der Waals surface area contributed by atoms with Crippen molar-refractivity contribution in [2.45, 2.75) is 51.0 Å². The molecule has 228 valence electrons. The number of rotatable bonds is 13. The SMILES string of the molecule is O=C(O)C[C@H](NC(=O)CCCc1csc(NC(=O)NCc2ccccc2)n1)C(=NCc1ccccc1)OC(=O)C(F)(F)F. The van der Waals surface area contributed by atoms with Gasteiger partial charge in [-0.25, -0.2) is 19.6 Å². The number of benzene rings is 2. The maximum Gasteiger partial charge on any atom is 0.491 e. The van der Waals surface area contributed by atoms with Crippen molar-refractivity contribution in [1.29, 1.82) is 0 Å². The van der Waals surface area contributed by atoms with Crippen LogP contribution in [0.4, 0.5) is 23.1 Å². The molecule has 0 bridgehead atoms. The maximum atomic E-state index is 12.9. The van der Waals surface area contributed by atoms with Crippen LogP contribution in [-0.2, 0) is 38.6 Å². The second kappa shape index (κ2) is 16.0. The van der Waals surface area contributed by atoms with Gasteiger partial charge >= 0.3 is 24.1 Å². The van der Waals surface area contributed by atoms with Crippen molar-refractivity contribution >= 4 is 46.2 Å². The summed E-state index contributed by atoms with van der Waals surface area (Å²) in [4.78, 5) is 55.9. The van der Waals surface area contributed by atoms with Crippen LogP contribution >= 0.6 is 11.3 Å². The van der Waals surface area contributed by atoms with E-state index in [4.69, 9.17) is 0 Å². The summed E-state index contributed by atoms with van der Waals surface area (Å²) >= 11 is 1.19. The molecule has 3 amide bonds. The third-order valence-electron chi connectivity index (χ3n) is 5.61. The monoisotopic (exact) mass is 619 g/mol. The predicted octanol–water partition coefficient (Wildman–Crippen LogP) is 4.45. The molecule has 1 aromatic heterocycles. The molecule has 1 atom stereocenters. The highest BCUT2D eigenvalue weighted by molar-refractivity contribution is 7.13. The third-order valence-corrected chi connectivity index (χ3v) is 6.41. The summed E-state index contributed by atoms with van der Waals surface area (Å²) in [5.41, 5.74) is 2.06. The van der Waals surface area contributed by atoms with Crippen molar-refractivity contribution in [2.75, 3.05) is 5.32 Å². The van der Waals surface area contributed by atoms with Gasteiger partial charge < -0.3 is 20.5 Å². The summed E-state index contributed by atoms with van der Waals surface area (Å²) in [6.07, 6.45) is -5.83. The molecule has 0 fully saturated rings. The zero-order valence-corrected chi connectivity index (χ0v) is 23.4. The number of carbonyl (C=O) groups excluding carboxylic acids is 3. The molecule has 0 aliphatic heterocycles. The number of carbonyl (C=O) groups is 4. The molecular weight excluding hydrogens is 591 g/mol. The summed E-state index contributed by atoms with van der Waals surface area (Å²) in [6, 6.07) is 15.5. The van der Waals surface area contributed by atoms with Crippen molar-refractivity contribution in [3.63, 3.8) is 0 Å². The van der Waals surface area contributed by atoms with Crippen LogP contribution in [0.5, 0.6) is 0 Å². The molecule has 2 aromatic carbocycles. The molecule has 4 N–H and O–H groups in total. The number of hydrogen-bond acceptors (Lipinski definition) is 8. The highest BCUT2D eigenvalue weighted by Crippen LogP contribution is 2.19. The van der Waals surface area contributed by atoms with E-state index in [1.807, 2.05) is 30.3 Å². The number of ether oxygens (including phenoxy) is 1. The number of urea groups is 1. The molecule has 1 heterocycles. The number of nitrogens with one attached hydrogen (secondary N) is 3. The summed E-state index contributed by atoms with van der Waals surface area (Å²) in [6.45, 7) is 0.106. The van der Waals surface area contributed by atoms with Crippen LogP contribution in [-0.4, -0.2) is 52.1 Å². The molecule has 3 aromatic rings. The Morgan fingerprint density at radius 1 is 1.00 bits per heavy atom. The van der Waals surface area contributed by atoms with Gasteiger partial charge in [0.2, 0.25) is 11.8 Å². The van der Waals surface area contributed by atoms with Gasteiger partial charge in [-0.15, -0.1) is 11.3 Å². The lowest BCUT2D eigenvalue weighted by atomic mass is 10.1. The van der Waals surface area contributed by atoms with Gasteiger partial charge in [0.15, 0.2) is 5.13 Å². The Morgan fingerprint density at radius 3 is 2.28 bits per heavy atom. The molecule has 0 saturated heterocycles. The Kier molecular flexibility index (Phi) is 12.2. The van der Waals surface area contributed by atoms with Crippen molar-refractivity contribution in [2.24, 2.45) is 4.99 Å². The largest absolute Gasteiger partial charge is 0.491 e. The predicted molar refractivity (Wildman–Crippen MR) is 151 cm³/mol. The zero-order chi connectivity index (χ0) is 31.2. The normalized spacial score (nSPS) is 12.2. The molecule has 0 aliphatic carbocycles. The Hall–Kier alpha value is -4.79. The number of aromatic nitrogens is 1. The Bertz CT molecular complexity index is 1420. The minimum atomic E-state index is -5.37. The van der Waals surface area contributed by atoms with E-state index < -0.39 is 48.4 Å². The number of nitrogens with zero attached hydrogens (tertiary/aromatic N) is 2. The molecule has 0 aliphatic rings. The van der Waals surface area contributed by atoms with Crippen LogP contribution in [0.3, 0.4) is 0 Å². The second-order valence-electron chi connectivity index (χ2n) is 9.04. The lowest BCUT2D eigenvalue weighted by Crippen LogP contribution is -2.45. The fourth-order valence-electron chi connectivity index (χ4n) is 3.59. The number of aliphatic imine (C=N–C) groups is 1. The number of aryl methyl sites for hydroxylation is 1. The van der Waals surface area contributed by atoms with E-state index in [1.165, 1.54) is 11.3 Å². The van der Waals surface area contributed by atoms with Crippen molar-refractivity contribution in [1.82, 2.24) is 15.6 Å². The van der Waals surface area contributed by atoms with E-state index in [-0.39, 0.29) is 19.4 Å². The van der Waals surface area contributed by atoms with Gasteiger partial charge in [-0.2, -0.15) is 13.2 Å². The average Bonchev–Trinajstić information content (AvgIpc) is 3.40. The van der Waals surface area contributed by atoms with Crippen LogP contribution in [0.25, 0.3) is 0 Å². The Labute approximate surface area is 248 Å². The first-order valence-electron chi connectivity index (χ1n) is 12.9. The van der Waals surface area contributed by atoms with Gasteiger partial charge in [-0.05, 0) is 24.0 Å². The van der Waals surface area contributed by atoms with Crippen molar-refractivity contribution in [3.05, 3.63) is 82.9 Å². The summed E-state index contributed by atoms with van der Waals surface area (Å²) in [5.74, 6) is -5.63. The standard InChI is InChI=1S/C28H28F3N5O6S/c29-28(30,31)25(40)42-24(32-15-18-8-3-1-4-9-18)21(14-23(38)39)35-22(37)13-7-12-20-17-43-27(34-20)36-26(41)33-16-19-10-5-2-6-11-19/h1-6,8-11,17,21H,7,12-16H2,(H,35,37)(H,38,39)(H2,33,34,36,41)/t21-/m0/s1. The summed E-state index contributed by atoms with van der Waals surface area (Å²) in [5, 5.41) is 19.0. The Balaban J connectivity index is 1.56. The van der Waals surface area contributed by atoms with Gasteiger partial charge in [0.05, 0.1) is 18.7 Å². The van der Waals surface area contributed by atoms with Crippen LogP contribution in [0, 0.1) is 0 Å². The van der Waals surface area contributed by atoms with Gasteiger partial charge in [0.1, 0.15) is 6.04 Å². The van der Waals surface area contributed by atoms with Crippen LogP contribution in [0.2, 0.25) is 0 Å². The zero-order valence-electron chi connectivity index (χ0n) is 22.6. The molecule has 11 nitrogen and oxygen atoms in total. The molecule has 0 unspecified atom stereocenters. The molecule has 0 spiro atoms. The number of amides is 3. The van der Waals surface area contributed by atoms with Crippen LogP contribution in [0.15, 0.2) is 71.0 Å². The first-order chi connectivity index (χ1) is 20.5. The molecular formula is C28H28F3N5O6S. The lowest BCUT2D eigenvalue weighted by Gasteiger charge is -2.19. The van der Waals surface area contributed by atoms with Gasteiger partial charge in [-0.1, -0.05) is 60.7 Å². The topological polar surface area (TPSA) is 159 Å². The van der Waals surface area contributed by atoms with E-state index >= 15 is 0 Å². The maximum absolute atomic E-state index is 12.9. The number of anilines is 1. The van der Waals surface area contributed by atoms with Crippen LogP contribution in [0.1, 0.15) is 36.1 Å². The quantitative estimate of drug-likeness (QED) is 0.125. The first-order valence-corrected chi connectivity index (χ1v) is 13.8. The van der Waals surface area contributed by atoms with Gasteiger partial charge in [-0.3, -0.25) is 14.9 Å². The van der Waals surface area contributed by atoms with Crippen molar-refractivity contribution in [3.8, 4) is 0 Å². The minimum Gasteiger partial charge on any atom is -0.481 e. The van der Waals surface area contributed by atoms with E-state index in [0.717, 1.165) is 5.56 Å². The fraction of sp³-hybridized carbons (Fsp3) is 0.286. The van der Waals surface area contributed by atoms with E-state index in [1.54, 1.807) is 35.7 Å². The Morgan fingerprint density at radius 2 is 1.65 bits per heavy atom. The number of hydrogen-bond donors (Lipinski definition) is 4. The summed E-state index contributed by atoms with van der Waals surface area (Å²) < 4.78 is 43.1. The van der Waals surface area contributed by atoms with E-state index in [0.29, 0.717) is 29.4 Å². The number of halogens is 3. The molecule has 43 heavy (non-hydrogen) atoms.